The third kappa shape index (κ3) is 1.86. The molecular formula is C10H11N3O2S. The number of hydrogen-bond donors (Lipinski definition) is 0. The van der Waals surface area contributed by atoms with Crippen LogP contribution in [-0.4, -0.2) is 25.7 Å². The fourth-order valence-electron chi connectivity index (χ4n) is 1.71. The van der Waals surface area contributed by atoms with Gasteiger partial charge in [-0.25, -0.2) is 13.4 Å². The summed E-state index contributed by atoms with van der Waals surface area (Å²) in [6, 6.07) is 5.16. The molecule has 2 rings (SSSR count). The fourth-order valence-corrected chi connectivity index (χ4v) is 3.32. The van der Waals surface area contributed by atoms with Gasteiger partial charge in [-0.1, -0.05) is 0 Å². The number of aromatic nitrogens is 1. The zero-order valence-corrected chi connectivity index (χ0v) is 9.44. The molecule has 0 aromatic carbocycles. The van der Waals surface area contributed by atoms with Crippen LogP contribution >= 0.6 is 0 Å². The van der Waals surface area contributed by atoms with Crippen molar-refractivity contribution in [3.63, 3.8) is 0 Å². The van der Waals surface area contributed by atoms with E-state index in [-0.39, 0.29) is 11.6 Å². The molecule has 0 aliphatic carbocycles. The number of nitriles is 1. The number of anilines is 1. The van der Waals surface area contributed by atoms with Crippen molar-refractivity contribution in [1.82, 2.24) is 4.98 Å². The van der Waals surface area contributed by atoms with Gasteiger partial charge in [-0.05, 0) is 25.0 Å². The van der Waals surface area contributed by atoms with Crippen molar-refractivity contribution in [2.45, 2.75) is 12.8 Å². The molecule has 2 heterocycles. The van der Waals surface area contributed by atoms with Crippen molar-refractivity contribution in [2.24, 2.45) is 0 Å². The van der Waals surface area contributed by atoms with Gasteiger partial charge in [0.05, 0.1) is 11.3 Å². The van der Waals surface area contributed by atoms with Gasteiger partial charge < -0.3 is 0 Å². The molecule has 1 saturated heterocycles. The maximum Gasteiger partial charge on any atom is 0.236 e. The van der Waals surface area contributed by atoms with Crippen LogP contribution < -0.4 is 4.31 Å². The van der Waals surface area contributed by atoms with E-state index in [1.54, 1.807) is 12.1 Å². The molecule has 1 aliphatic rings. The molecular weight excluding hydrogens is 226 g/mol. The van der Waals surface area contributed by atoms with Crippen molar-refractivity contribution >= 4 is 15.8 Å². The minimum absolute atomic E-state index is 0.133. The summed E-state index contributed by atoms with van der Waals surface area (Å²) in [5, 5.41) is 8.91. The van der Waals surface area contributed by atoms with E-state index in [1.165, 1.54) is 10.5 Å². The normalized spacial score (nSPS) is 19.1. The summed E-state index contributed by atoms with van der Waals surface area (Å²) >= 11 is 0. The standard InChI is InChI=1S/C10H11N3O2S/c11-8-9-4-3-5-12-10(9)13-6-1-2-7-16(13,14)15/h3-5H,1-2,6-7H2. The predicted molar refractivity (Wildman–Crippen MR) is 59.3 cm³/mol. The first kappa shape index (κ1) is 10.9. The van der Waals surface area contributed by atoms with Crippen LogP contribution in [0, 0.1) is 11.3 Å². The molecule has 1 aliphatic heterocycles. The summed E-state index contributed by atoms with van der Waals surface area (Å²) in [6.45, 7) is 0.411. The molecule has 1 fully saturated rings. The number of sulfonamides is 1. The van der Waals surface area contributed by atoms with E-state index in [9.17, 15) is 8.42 Å². The van der Waals surface area contributed by atoms with Crippen LogP contribution in [0.5, 0.6) is 0 Å². The molecule has 1 aromatic rings. The van der Waals surface area contributed by atoms with Crippen LogP contribution in [0.3, 0.4) is 0 Å². The summed E-state index contributed by atoms with van der Waals surface area (Å²) in [5.41, 5.74) is 0.299. The van der Waals surface area contributed by atoms with Gasteiger partial charge in [-0.15, -0.1) is 0 Å². The summed E-state index contributed by atoms with van der Waals surface area (Å²) in [4.78, 5) is 3.99. The molecule has 84 valence electrons. The van der Waals surface area contributed by atoms with E-state index in [1.807, 2.05) is 6.07 Å². The van der Waals surface area contributed by atoms with Gasteiger partial charge >= 0.3 is 0 Å². The Balaban J connectivity index is 2.48. The van der Waals surface area contributed by atoms with Crippen LogP contribution in [0.2, 0.25) is 0 Å². The van der Waals surface area contributed by atoms with E-state index in [0.717, 1.165) is 6.42 Å². The van der Waals surface area contributed by atoms with Crippen LogP contribution in [0.25, 0.3) is 0 Å². The second-order valence-corrected chi connectivity index (χ2v) is 5.59. The van der Waals surface area contributed by atoms with E-state index < -0.39 is 10.0 Å². The molecule has 0 unspecified atom stereocenters. The van der Waals surface area contributed by atoms with Crippen molar-refractivity contribution in [1.29, 1.82) is 5.26 Å². The monoisotopic (exact) mass is 237 g/mol. The van der Waals surface area contributed by atoms with Crippen LogP contribution in [-0.2, 0) is 10.0 Å². The first-order valence-corrected chi connectivity index (χ1v) is 6.61. The molecule has 6 heteroatoms. The molecule has 0 saturated carbocycles. The Morgan fingerprint density at radius 1 is 1.44 bits per heavy atom. The van der Waals surface area contributed by atoms with E-state index >= 15 is 0 Å². The van der Waals surface area contributed by atoms with Crippen LogP contribution in [0.15, 0.2) is 18.3 Å². The van der Waals surface area contributed by atoms with Crippen LogP contribution in [0.1, 0.15) is 18.4 Å². The van der Waals surface area contributed by atoms with Gasteiger partial charge in [0.1, 0.15) is 6.07 Å². The van der Waals surface area contributed by atoms with Crippen LogP contribution in [0.4, 0.5) is 5.82 Å². The maximum atomic E-state index is 11.8. The molecule has 0 N–H and O–H groups in total. The summed E-state index contributed by atoms with van der Waals surface area (Å²) in [6.07, 6.45) is 2.98. The molecule has 5 nitrogen and oxygen atoms in total. The molecule has 16 heavy (non-hydrogen) atoms. The molecule has 0 amide bonds. The van der Waals surface area contributed by atoms with Crippen molar-refractivity contribution in [3.05, 3.63) is 23.9 Å². The lowest BCUT2D eigenvalue weighted by atomic mass is 10.2. The predicted octanol–water partition coefficient (Wildman–Crippen LogP) is 0.883. The van der Waals surface area contributed by atoms with Crippen molar-refractivity contribution in [2.75, 3.05) is 16.6 Å². The quantitative estimate of drug-likeness (QED) is 0.726. The lowest BCUT2D eigenvalue weighted by Crippen LogP contribution is -2.38. The van der Waals surface area contributed by atoms with E-state index in [0.29, 0.717) is 18.5 Å². The fraction of sp³-hybridized carbons (Fsp3) is 0.400. The highest BCUT2D eigenvalue weighted by Crippen LogP contribution is 2.23. The Kier molecular flexibility index (Phi) is 2.79. The number of nitrogens with zero attached hydrogens (tertiary/aromatic N) is 3. The average Bonchev–Trinajstić information content (AvgIpc) is 2.28. The minimum Gasteiger partial charge on any atom is -0.253 e. The van der Waals surface area contributed by atoms with Gasteiger partial charge in [0, 0.05) is 12.7 Å². The molecule has 0 bridgehead atoms. The Hall–Kier alpha value is -1.61. The smallest absolute Gasteiger partial charge is 0.236 e. The third-order valence-corrected chi connectivity index (χ3v) is 4.32. The zero-order chi connectivity index (χ0) is 11.6. The van der Waals surface area contributed by atoms with Gasteiger partial charge in [-0.3, -0.25) is 4.31 Å². The first-order valence-electron chi connectivity index (χ1n) is 5.01. The molecule has 0 atom stereocenters. The highest BCUT2D eigenvalue weighted by Gasteiger charge is 2.28. The average molecular weight is 237 g/mol. The zero-order valence-electron chi connectivity index (χ0n) is 8.63. The largest absolute Gasteiger partial charge is 0.253 e. The highest BCUT2D eigenvalue weighted by molar-refractivity contribution is 7.92. The van der Waals surface area contributed by atoms with Gasteiger partial charge in [0.2, 0.25) is 10.0 Å². The summed E-state index contributed by atoms with van der Waals surface area (Å²) < 4.78 is 24.9. The molecule has 0 spiro atoms. The lowest BCUT2D eigenvalue weighted by Gasteiger charge is -2.27. The molecule has 1 aromatic heterocycles. The Labute approximate surface area is 94.4 Å². The second-order valence-electron chi connectivity index (χ2n) is 3.58. The number of hydrogen-bond acceptors (Lipinski definition) is 4. The third-order valence-electron chi connectivity index (χ3n) is 2.49. The van der Waals surface area contributed by atoms with Gasteiger partial charge in [-0.2, -0.15) is 5.26 Å². The van der Waals surface area contributed by atoms with Crippen molar-refractivity contribution < 1.29 is 8.42 Å². The maximum absolute atomic E-state index is 11.8. The Morgan fingerprint density at radius 2 is 2.25 bits per heavy atom. The second kappa shape index (κ2) is 4.10. The topological polar surface area (TPSA) is 74.1 Å². The first-order chi connectivity index (χ1) is 7.65. The van der Waals surface area contributed by atoms with Gasteiger partial charge in [0.15, 0.2) is 5.82 Å². The minimum atomic E-state index is -3.29. The highest BCUT2D eigenvalue weighted by atomic mass is 32.2. The SMILES string of the molecule is N#Cc1cccnc1N1CCCCS1(=O)=O. The number of pyridine rings is 1. The van der Waals surface area contributed by atoms with E-state index in [2.05, 4.69) is 4.98 Å². The Morgan fingerprint density at radius 3 is 2.94 bits per heavy atom. The molecule has 0 radical (unpaired) electrons. The number of rotatable bonds is 1. The van der Waals surface area contributed by atoms with Gasteiger partial charge in [0.25, 0.3) is 0 Å². The lowest BCUT2D eigenvalue weighted by molar-refractivity contribution is 0.573. The summed E-state index contributed by atoms with van der Waals surface area (Å²) in [7, 11) is -3.29. The summed E-state index contributed by atoms with van der Waals surface area (Å²) in [5.74, 6) is 0.388. The van der Waals surface area contributed by atoms with Crippen molar-refractivity contribution in [3.8, 4) is 6.07 Å². The Bertz CT molecular complexity index is 533. The van der Waals surface area contributed by atoms with E-state index in [4.69, 9.17) is 5.26 Å².